The molecule has 0 unspecified atom stereocenters. The van der Waals surface area contributed by atoms with Gasteiger partial charge in [-0.1, -0.05) is 11.6 Å². The maximum atomic E-state index is 13.4. The molecule has 156 valence electrons. The van der Waals surface area contributed by atoms with E-state index >= 15 is 0 Å². The molecule has 0 bridgehead atoms. The minimum absolute atomic E-state index is 0.173. The number of hydrogen-bond donors (Lipinski definition) is 0. The molecule has 0 N–H and O–H groups in total. The summed E-state index contributed by atoms with van der Waals surface area (Å²) in [6, 6.07) is 12.7. The first-order valence-corrected chi connectivity index (χ1v) is 10.9. The van der Waals surface area contributed by atoms with Crippen LogP contribution < -0.4 is 9.80 Å². The van der Waals surface area contributed by atoms with Gasteiger partial charge in [0.05, 0.1) is 6.54 Å². The quantitative estimate of drug-likeness (QED) is 0.579. The minimum atomic E-state index is -0.340. The van der Waals surface area contributed by atoms with E-state index in [0.717, 1.165) is 36.2 Å². The average Bonchev–Trinajstić information content (AvgIpc) is 3.22. The molecule has 0 atom stereocenters. The van der Waals surface area contributed by atoms with Gasteiger partial charge in [0.25, 0.3) is 5.91 Å². The number of carbonyl (C=O) groups is 1. The van der Waals surface area contributed by atoms with Crippen LogP contribution >= 0.6 is 22.9 Å². The SMILES string of the molecule is CN1CCN(c2ncc(CN(C(=O)c3ccc(Cl)cc3)c3ccc(F)cc3)s2)CC1. The van der Waals surface area contributed by atoms with Gasteiger partial charge in [-0.3, -0.25) is 4.79 Å². The number of rotatable bonds is 5. The van der Waals surface area contributed by atoms with E-state index in [1.54, 1.807) is 52.6 Å². The molecule has 0 spiro atoms. The van der Waals surface area contributed by atoms with Gasteiger partial charge in [0, 0.05) is 53.5 Å². The van der Waals surface area contributed by atoms with Gasteiger partial charge in [0.2, 0.25) is 0 Å². The molecule has 0 aliphatic carbocycles. The number of nitrogens with zero attached hydrogens (tertiary/aromatic N) is 4. The highest BCUT2D eigenvalue weighted by Gasteiger charge is 2.21. The topological polar surface area (TPSA) is 39.7 Å². The number of benzene rings is 2. The molecule has 2 heterocycles. The first kappa shape index (κ1) is 20.8. The van der Waals surface area contributed by atoms with Crippen LogP contribution in [0.3, 0.4) is 0 Å². The van der Waals surface area contributed by atoms with Crippen LogP contribution in [0.1, 0.15) is 15.2 Å². The first-order chi connectivity index (χ1) is 14.5. The van der Waals surface area contributed by atoms with Gasteiger partial charge in [-0.25, -0.2) is 9.37 Å². The summed E-state index contributed by atoms with van der Waals surface area (Å²) in [4.78, 5) is 25.0. The van der Waals surface area contributed by atoms with Crippen molar-refractivity contribution >= 4 is 39.7 Å². The number of carbonyl (C=O) groups excluding carboxylic acids is 1. The van der Waals surface area contributed by atoms with Crippen molar-refractivity contribution in [2.24, 2.45) is 0 Å². The van der Waals surface area contributed by atoms with Gasteiger partial charge in [0.15, 0.2) is 5.13 Å². The number of likely N-dealkylation sites (N-methyl/N-ethyl adjacent to an activating group) is 1. The lowest BCUT2D eigenvalue weighted by atomic mass is 10.1. The highest BCUT2D eigenvalue weighted by Crippen LogP contribution is 2.28. The van der Waals surface area contributed by atoms with E-state index in [4.69, 9.17) is 11.6 Å². The van der Waals surface area contributed by atoms with Gasteiger partial charge < -0.3 is 14.7 Å². The van der Waals surface area contributed by atoms with E-state index in [-0.39, 0.29) is 11.7 Å². The Kier molecular flexibility index (Phi) is 6.32. The molecule has 1 aromatic heterocycles. The number of hydrogen-bond acceptors (Lipinski definition) is 5. The Morgan fingerprint density at radius 2 is 1.77 bits per heavy atom. The molecule has 1 fully saturated rings. The summed E-state index contributed by atoms with van der Waals surface area (Å²) in [7, 11) is 2.12. The number of anilines is 2. The van der Waals surface area contributed by atoms with Gasteiger partial charge in [-0.05, 0) is 55.6 Å². The average molecular weight is 445 g/mol. The fraction of sp³-hybridized carbons (Fsp3) is 0.273. The lowest BCUT2D eigenvalue weighted by molar-refractivity contribution is 0.0985. The molecule has 8 heteroatoms. The maximum Gasteiger partial charge on any atom is 0.258 e. The molecule has 1 aliphatic heterocycles. The van der Waals surface area contributed by atoms with E-state index in [0.29, 0.717) is 22.8 Å². The first-order valence-electron chi connectivity index (χ1n) is 9.71. The van der Waals surface area contributed by atoms with Crippen LogP contribution in [0.25, 0.3) is 0 Å². The second-order valence-electron chi connectivity index (χ2n) is 7.27. The molecule has 4 rings (SSSR count). The van der Waals surface area contributed by atoms with E-state index in [1.165, 1.54) is 12.1 Å². The van der Waals surface area contributed by atoms with Gasteiger partial charge >= 0.3 is 0 Å². The standard InChI is InChI=1S/C22H22ClFN4OS/c1-26-10-12-27(13-11-26)22-25-14-20(30-22)15-28(19-8-6-18(24)7-9-19)21(29)16-2-4-17(23)5-3-16/h2-9,14H,10-13,15H2,1H3. The number of piperazine rings is 1. The Morgan fingerprint density at radius 3 is 2.43 bits per heavy atom. The van der Waals surface area contributed by atoms with Crippen LogP contribution in [-0.2, 0) is 6.54 Å². The molecule has 30 heavy (non-hydrogen) atoms. The van der Waals surface area contributed by atoms with Crippen LogP contribution in [0.15, 0.2) is 54.7 Å². The molecule has 5 nitrogen and oxygen atoms in total. The second kappa shape index (κ2) is 9.12. The molecule has 0 radical (unpaired) electrons. The van der Waals surface area contributed by atoms with E-state index in [1.807, 2.05) is 6.20 Å². The van der Waals surface area contributed by atoms with E-state index in [9.17, 15) is 9.18 Å². The van der Waals surface area contributed by atoms with Crippen LogP contribution in [-0.4, -0.2) is 49.0 Å². The highest BCUT2D eigenvalue weighted by molar-refractivity contribution is 7.15. The lowest BCUT2D eigenvalue weighted by Gasteiger charge is -2.32. The summed E-state index contributed by atoms with van der Waals surface area (Å²) < 4.78 is 13.4. The molecular weight excluding hydrogens is 423 g/mol. The third-order valence-electron chi connectivity index (χ3n) is 5.10. The predicted octanol–water partition coefficient (Wildman–Crippen LogP) is 4.53. The summed E-state index contributed by atoms with van der Waals surface area (Å²) >= 11 is 7.55. The van der Waals surface area contributed by atoms with Crippen molar-refractivity contribution < 1.29 is 9.18 Å². The van der Waals surface area contributed by atoms with Crippen molar-refractivity contribution in [1.82, 2.24) is 9.88 Å². The summed E-state index contributed by atoms with van der Waals surface area (Å²) in [6.45, 7) is 4.25. The second-order valence-corrected chi connectivity index (χ2v) is 8.80. The molecule has 1 aliphatic rings. The molecule has 1 saturated heterocycles. The Balaban J connectivity index is 1.58. The van der Waals surface area contributed by atoms with E-state index < -0.39 is 0 Å². The molecule has 0 saturated carbocycles. The fourth-order valence-corrected chi connectivity index (χ4v) is 4.40. The van der Waals surface area contributed by atoms with E-state index in [2.05, 4.69) is 21.8 Å². The fourth-order valence-electron chi connectivity index (χ4n) is 3.32. The Labute approximate surface area is 184 Å². The third-order valence-corrected chi connectivity index (χ3v) is 6.40. The summed E-state index contributed by atoms with van der Waals surface area (Å²) in [6.07, 6.45) is 1.82. The Bertz CT molecular complexity index is 1000. The Hall–Kier alpha value is -2.48. The molecule has 3 aromatic rings. The van der Waals surface area contributed by atoms with Crippen LogP contribution in [0, 0.1) is 5.82 Å². The van der Waals surface area contributed by atoms with Crippen molar-refractivity contribution in [1.29, 1.82) is 0 Å². The maximum absolute atomic E-state index is 13.4. The van der Waals surface area contributed by atoms with Crippen LogP contribution in [0.2, 0.25) is 5.02 Å². The normalized spacial score (nSPS) is 14.7. The van der Waals surface area contributed by atoms with Crippen molar-refractivity contribution in [2.75, 3.05) is 43.0 Å². The van der Waals surface area contributed by atoms with Crippen molar-refractivity contribution in [3.8, 4) is 0 Å². The molecule has 1 amide bonds. The van der Waals surface area contributed by atoms with Crippen molar-refractivity contribution in [3.63, 3.8) is 0 Å². The zero-order chi connectivity index (χ0) is 21.1. The van der Waals surface area contributed by atoms with Gasteiger partial charge in [-0.15, -0.1) is 11.3 Å². The third kappa shape index (κ3) is 4.80. The monoisotopic (exact) mass is 444 g/mol. The highest BCUT2D eigenvalue weighted by atomic mass is 35.5. The predicted molar refractivity (Wildman–Crippen MR) is 120 cm³/mol. The van der Waals surface area contributed by atoms with Crippen LogP contribution in [0.5, 0.6) is 0 Å². The molecule has 2 aromatic carbocycles. The lowest BCUT2D eigenvalue weighted by Crippen LogP contribution is -2.44. The van der Waals surface area contributed by atoms with Crippen molar-refractivity contribution in [3.05, 3.63) is 76.0 Å². The smallest absolute Gasteiger partial charge is 0.258 e. The van der Waals surface area contributed by atoms with Gasteiger partial charge in [0.1, 0.15) is 5.82 Å². The number of amides is 1. The number of aromatic nitrogens is 1. The largest absolute Gasteiger partial charge is 0.346 e. The molecular formula is C22H22ClFN4OS. The zero-order valence-electron chi connectivity index (χ0n) is 16.6. The van der Waals surface area contributed by atoms with Gasteiger partial charge in [-0.2, -0.15) is 0 Å². The van der Waals surface area contributed by atoms with Crippen LogP contribution in [0.4, 0.5) is 15.2 Å². The summed E-state index contributed by atoms with van der Waals surface area (Å²) in [5, 5.41) is 1.54. The zero-order valence-corrected chi connectivity index (χ0v) is 18.2. The Morgan fingerprint density at radius 1 is 1.10 bits per heavy atom. The summed E-state index contributed by atoms with van der Waals surface area (Å²) in [5.41, 5.74) is 1.15. The number of halogens is 2. The summed E-state index contributed by atoms with van der Waals surface area (Å²) in [5.74, 6) is -0.513. The minimum Gasteiger partial charge on any atom is -0.346 e. The number of thiazole rings is 1. The van der Waals surface area contributed by atoms with Crippen molar-refractivity contribution in [2.45, 2.75) is 6.54 Å².